The third-order valence-electron chi connectivity index (χ3n) is 10.8. The first-order valence-electron chi connectivity index (χ1n) is 17.4. The number of piperazine rings is 1. The van der Waals surface area contributed by atoms with Crippen molar-refractivity contribution in [3.05, 3.63) is 71.9 Å². The zero-order valence-electron chi connectivity index (χ0n) is 27.6. The predicted octanol–water partition coefficient (Wildman–Crippen LogP) is 5.10. The lowest BCUT2D eigenvalue weighted by Crippen LogP contribution is -2.51. The summed E-state index contributed by atoms with van der Waals surface area (Å²) in [7, 11) is -3.80. The summed E-state index contributed by atoms with van der Waals surface area (Å²) in [6.45, 7) is 4.87. The van der Waals surface area contributed by atoms with Crippen molar-refractivity contribution in [2.75, 3.05) is 43.4 Å². The van der Waals surface area contributed by atoms with Crippen molar-refractivity contribution in [1.29, 1.82) is 0 Å². The van der Waals surface area contributed by atoms with Crippen LogP contribution in [0.4, 0.5) is 5.82 Å². The van der Waals surface area contributed by atoms with Gasteiger partial charge in [-0.15, -0.1) is 10.2 Å². The third-order valence-corrected chi connectivity index (χ3v) is 12.3. The van der Waals surface area contributed by atoms with Gasteiger partial charge in [-0.25, -0.2) is 13.1 Å². The van der Waals surface area contributed by atoms with Crippen molar-refractivity contribution in [2.45, 2.75) is 58.3 Å². The van der Waals surface area contributed by atoms with Crippen LogP contribution in [0.25, 0.3) is 11.1 Å². The third kappa shape index (κ3) is 7.21. The molecule has 5 aliphatic rings. The molecule has 0 spiro atoms. The van der Waals surface area contributed by atoms with Crippen LogP contribution in [0.5, 0.6) is 5.75 Å². The van der Waals surface area contributed by atoms with E-state index in [1.165, 1.54) is 25.3 Å². The molecule has 2 heterocycles. The fourth-order valence-corrected chi connectivity index (χ4v) is 10.9. The van der Waals surface area contributed by atoms with Gasteiger partial charge in [-0.1, -0.05) is 36.4 Å². The minimum atomic E-state index is -3.80. The van der Waals surface area contributed by atoms with Crippen molar-refractivity contribution in [3.63, 3.8) is 0 Å². The van der Waals surface area contributed by atoms with E-state index < -0.39 is 15.9 Å². The van der Waals surface area contributed by atoms with Crippen LogP contribution in [-0.4, -0.2) is 73.9 Å². The molecule has 4 bridgehead atoms. The number of carbonyl (C=O) groups is 2. The van der Waals surface area contributed by atoms with Crippen LogP contribution in [-0.2, 0) is 21.2 Å². The van der Waals surface area contributed by atoms with Crippen LogP contribution in [0, 0.1) is 23.2 Å². The summed E-state index contributed by atoms with van der Waals surface area (Å²) >= 11 is 0. The highest BCUT2D eigenvalue weighted by molar-refractivity contribution is 7.90. The van der Waals surface area contributed by atoms with E-state index in [1.54, 1.807) is 6.07 Å². The lowest BCUT2D eigenvalue weighted by atomic mass is 9.50. The standard InChI is InChI=1S/C37H45N5O5S/c1-2-47-31-8-5-7-30(21-31)32-9-4-3-6-29(32)10-13-35(43)42-16-14-41(15-17-42)34-12-11-33(38-39-34)36(44)40-48(45,46)25-37-22-26-18-27(23-37)20-28(19-26)24-37/h3-9,11-12,21,26-28H,2,10,13-20,22-25H2,1H3,(H,40,44). The van der Waals surface area contributed by atoms with E-state index in [2.05, 4.69) is 33.1 Å². The smallest absolute Gasteiger partial charge is 0.285 e. The monoisotopic (exact) mass is 671 g/mol. The minimum absolute atomic E-state index is 0.0125. The quantitative estimate of drug-likeness (QED) is 0.299. The molecule has 2 aromatic carbocycles. The molecule has 10 nitrogen and oxygen atoms in total. The zero-order valence-corrected chi connectivity index (χ0v) is 28.5. The Morgan fingerprint density at radius 3 is 2.27 bits per heavy atom. The average Bonchev–Trinajstić information content (AvgIpc) is 3.06. The molecular weight excluding hydrogens is 627 g/mol. The highest BCUT2D eigenvalue weighted by Gasteiger charge is 2.52. The van der Waals surface area contributed by atoms with Gasteiger partial charge < -0.3 is 14.5 Å². The molecule has 4 saturated carbocycles. The Morgan fingerprint density at radius 2 is 1.60 bits per heavy atom. The zero-order chi connectivity index (χ0) is 33.3. The highest BCUT2D eigenvalue weighted by atomic mass is 32.2. The molecule has 48 heavy (non-hydrogen) atoms. The Kier molecular flexibility index (Phi) is 9.15. The number of amides is 2. The number of rotatable bonds is 11. The maximum Gasteiger partial charge on any atom is 0.285 e. The van der Waals surface area contributed by atoms with Crippen molar-refractivity contribution in [2.24, 2.45) is 23.2 Å². The molecule has 4 aliphatic carbocycles. The van der Waals surface area contributed by atoms with Gasteiger partial charge in [0.15, 0.2) is 11.5 Å². The van der Waals surface area contributed by atoms with E-state index in [4.69, 9.17) is 4.74 Å². The second-order valence-corrected chi connectivity index (χ2v) is 16.1. The topological polar surface area (TPSA) is 122 Å². The SMILES string of the molecule is CCOc1cccc(-c2ccccc2CCC(=O)N2CCN(c3ccc(C(=O)NS(=O)(=O)CC45CC6CC(CC(C6)C4)C5)nn3)CC2)c1. The van der Waals surface area contributed by atoms with E-state index >= 15 is 0 Å². The van der Waals surface area contributed by atoms with E-state index in [9.17, 15) is 18.0 Å². The summed E-state index contributed by atoms with van der Waals surface area (Å²) in [6.07, 6.45) is 7.64. The summed E-state index contributed by atoms with van der Waals surface area (Å²) in [5.74, 6) is 2.72. The fourth-order valence-electron chi connectivity index (χ4n) is 9.24. The van der Waals surface area contributed by atoms with Crippen LogP contribution >= 0.6 is 0 Å². The molecule has 11 heteroatoms. The molecule has 5 fully saturated rings. The number of aryl methyl sites for hydroxylation is 1. The minimum Gasteiger partial charge on any atom is -0.494 e. The normalized spacial score (nSPS) is 24.8. The second-order valence-electron chi connectivity index (χ2n) is 14.4. The number of benzene rings is 2. The predicted molar refractivity (Wildman–Crippen MR) is 184 cm³/mol. The van der Waals surface area contributed by atoms with Gasteiger partial charge in [0.05, 0.1) is 12.4 Å². The van der Waals surface area contributed by atoms with Gasteiger partial charge in [0.25, 0.3) is 5.91 Å². The molecule has 0 atom stereocenters. The van der Waals surface area contributed by atoms with Gasteiger partial charge in [0.2, 0.25) is 15.9 Å². The van der Waals surface area contributed by atoms with Gasteiger partial charge in [0.1, 0.15) is 5.75 Å². The first-order chi connectivity index (χ1) is 23.2. The number of nitrogens with zero attached hydrogens (tertiary/aromatic N) is 4. The van der Waals surface area contributed by atoms with Crippen LogP contribution in [0.15, 0.2) is 60.7 Å². The Balaban J connectivity index is 0.897. The van der Waals surface area contributed by atoms with Crippen molar-refractivity contribution in [1.82, 2.24) is 19.8 Å². The average molecular weight is 672 g/mol. The highest BCUT2D eigenvalue weighted by Crippen LogP contribution is 2.60. The maximum atomic E-state index is 13.2. The van der Waals surface area contributed by atoms with E-state index in [0.29, 0.717) is 69.2 Å². The Labute approximate surface area is 283 Å². The first-order valence-corrected chi connectivity index (χ1v) is 19.1. The van der Waals surface area contributed by atoms with Crippen molar-refractivity contribution >= 4 is 27.7 Å². The van der Waals surface area contributed by atoms with Gasteiger partial charge in [-0.3, -0.25) is 9.59 Å². The van der Waals surface area contributed by atoms with Crippen LogP contribution in [0.1, 0.15) is 67.9 Å². The number of ether oxygens (including phenoxy) is 1. The summed E-state index contributed by atoms with van der Waals surface area (Å²) in [6, 6.07) is 19.4. The Bertz CT molecular complexity index is 1720. The summed E-state index contributed by atoms with van der Waals surface area (Å²) in [5.41, 5.74) is 3.08. The molecule has 2 amide bonds. The van der Waals surface area contributed by atoms with Crippen LogP contribution in [0.2, 0.25) is 0 Å². The molecule has 0 radical (unpaired) electrons. The van der Waals surface area contributed by atoms with Crippen LogP contribution in [0.3, 0.4) is 0 Å². The molecule has 1 saturated heterocycles. The largest absolute Gasteiger partial charge is 0.494 e. The summed E-state index contributed by atoms with van der Waals surface area (Å²) in [4.78, 5) is 30.0. The molecule has 8 rings (SSSR count). The van der Waals surface area contributed by atoms with Gasteiger partial charge in [-0.2, -0.15) is 0 Å². The molecule has 1 aromatic heterocycles. The molecular formula is C37H45N5O5S. The Hall–Kier alpha value is -3.99. The van der Waals surface area contributed by atoms with E-state index in [0.717, 1.165) is 41.7 Å². The van der Waals surface area contributed by atoms with Gasteiger partial charge in [-0.05, 0) is 116 Å². The van der Waals surface area contributed by atoms with Gasteiger partial charge >= 0.3 is 0 Å². The maximum absolute atomic E-state index is 13.2. The molecule has 3 aromatic rings. The number of hydrogen-bond acceptors (Lipinski definition) is 8. The first kappa shape index (κ1) is 32.6. The lowest BCUT2D eigenvalue weighted by molar-refractivity contribution is -0.131. The number of sulfonamides is 1. The van der Waals surface area contributed by atoms with E-state index in [1.807, 2.05) is 47.1 Å². The molecule has 1 N–H and O–H groups in total. The number of carbonyl (C=O) groups excluding carboxylic acids is 2. The molecule has 254 valence electrons. The second kappa shape index (κ2) is 13.5. The number of aromatic nitrogens is 2. The fraction of sp³-hybridized carbons (Fsp3) is 0.514. The van der Waals surface area contributed by atoms with Crippen molar-refractivity contribution in [3.8, 4) is 16.9 Å². The summed E-state index contributed by atoms with van der Waals surface area (Å²) in [5, 5.41) is 8.32. The number of nitrogens with one attached hydrogen (secondary N) is 1. The summed E-state index contributed by atoms with van der Waals surface area (Å²) < 4.78 is 34.2. The van der Waals surface area contributed by atoms with E-state index in [-0.39, 0.29) is 22.8 Å². The van der Waals surface area contributed by atoms with Crippen LogP contribution < -0.4 is 14.4 Å². The number of hydrogen-bond donors (Lipinski definition) is 1. The van der Waals surface area contributed by atoms with Gasteiger partial charge in [0, 0.05) is 32.6 Å². The number of anilines is 1. The lowest BCUT2D eigenvalue weighted by Gasteiger charge is -2.56. The van der Waals surface area contributed by atoms with Crippen molar-refractivity contribution < 1.29 is 22.7 Å². The Morgan fingerprint density at radius 1 is 0.896 bits per heavy atom. The molecule has 1 aliphatic heterocycles. The molecule has 0 unspecified atom stereocenters.